The van der Waals surface area contributed by atoms with Gasteiger partial charge in [0.15, 0.2) is 5.96 Å². The first kappa shape index (κ1) is 15.6. The number of guanidine groups is 1. The van der Waals surface area contributed by atoms with Gasteiger partial charge in [0.1, 0.15) is 0 Å². The number of benzene rings is 2. The molecule has 24 heavy (non-hydrogen) atoms. The van der Waals surface area contributed by atoms with Gasteiger partial charge in [-0.2, -0.15) is 0 Å². The van der Waals surface area contributed by atoms with Gasteiger partial charge >= 0.3 is 0 Å². The standard InChI is InChI=1S/C18H16BrN3OS/c1-18(9-16(23)22(2)17(20)21-18)10-3-5-14-12(7-10)13-8-11(19)4-6-15(13)24-14/h3-8H,9H2,1-2H3,(H2,20,21)/t18-/m0/s1. The van der Waals surface area contributed by atoms with E-state index in [2.05, 4.69) is 57.6 Å². The summed E-state index contributed by atoms with van der Waals surface area (Å²) in [7, 11) is 1.63. The molecule has 0 bridgehead atoms. The molecule has 4 rings (SSSR count). The second-order valence-corrected chi connectivity index (χ2v) is 8.39. The summed E-state index contributed by atoms with van der Waals surface area (Å²) < 4.78 is 3.53. The van der Waals surface area contributed by atoms with Crippen molar-refractivity contribution in [3.05, 3.63) is 46.4 Å². The summed E-state index contributed by atoms with van der Waals surface area (Å²) in [5.41, 5.74) is 0.468. The van der Waals surface area contributed by atoms with Gasteiger partial charge in [-0.15, -0.1) is 11.3 Å². The van der Waals surface area contributed by atoms with Gasteiger partial charge in [0.05, 0.1) is 12.0 Å². The van der Waals surface area contributed by atoms with Crippen LogP contribution in [0.4, 0.5) is 0 Å². The molecule has 1 fully saturated rings. The molecule has 0 unspecified atom stereocenters. The fraction of sp³-hybridized carbons (Fsp3) is 0.222. The molecule has 0 radical (unpaired) electrons. The van der Waals surface area contributed by atoms with E-state index in [4.69, 9.17) is 5.41 Å². The summed E-state index contributed by atoms with van der Waals surface area (Å²) in [6.45, 7) is 1.98. The molecule has 2 N–H and O–H groups in total. The SMILES string of the molecule is CN1C(=N)N[C@](C)(c2ccc3sc4ccc(Br)cc4c3c2)CC1=O. The monoisotopic (exact) mass is 401 g/mol. The van der Waals surface area contributed by atoms with E-state index in [0.29, 0.717) is 6.42 Å². The highest BCUT2D eigenvalue weighted by Gasteiger charge is 2.38. The molecule has 1 aliphatic heterocycles. The maximum atomic E-state index is 12.2. The van der Waals surface area contributed by atoms with Crippen LogP contribution in [0.25, 0.3) is 20.2 Å². The summed E-state index contributed by atoms with van der Waals surface area (Å²) in [4.78, 5) is 13.6. The molecule has 1 atom stereocenters. The zero-order valence-corrected chi connectivity index (χ0v) is 15.7. The summed E-state index contributed by atoms with van der Waals surface area (Å²) in [6.07, 6.45) is 0.336. The molecule has 2 aromatic carbocycles. The van der Waals surface area contributed by atoms with Gasteiger partial charge in [-0.25, -0.2) is 0 Å². The Balaban J connectivity index is 1.88. The molecule has 0 saturated carbocycles. The van der Waals surface area contributed by atoms with Gasteiger partial charge in [0.2, 0.25) is 5.91 Å². The number of carbonyl (C=O) groups excluding carboxylic acids is 1. The average molecular weight is 402 g/mol. The first-order chi connectivity index (χ1) is 11.4. The van der Waals surface area contributed by atoms with Crippen molar-refractivity contribution < 1.29 is 4.79 Å². The number of nitrogens with zero attached hydrogens (tertiary/aromatic N) is 1. The Morgan fingerprint density at radius 2 is 1.88 bits per heavy atom. The third-order valence-corrected chi connectivity index (χ3v) is 6.32. The van der Waals surface area contributed by atoms with E-state index >= 15 is 0 Å². The molecular weight excluding hydrogens is 386 g/mol. The molecular formula is C18H16BrN3OS. The van der Waals surface area contributed by atoms with Crippen LogP contribution in [-0.2, 0) is 10.3 Å². The van der Waals surface area contributed by atoms with Crippen LogP contribution >= 0.6 is 27.3 Å². The molecule has 0 spiro atoms. The van der Waals surface area contributed by atoms with Crippen molar-refractivity contribution >= 4 is 59.3 Å². The fourth-order valence-corrected chi connectivity index (χ4v) is 4.63. The Hall–Kier alpha value is -1.92. The van der Waals surface area contributed by atoms with Gasteiger partial charge in [-0.3, -0.25) is 15.1 Å². The van der Waals surface area contributed by atoms with E-state index in [9.17, 15) is 4.79 Å². The van der Waals surface area contributed by atoms with Crippen LogP contribution in [0.15, 0.2) is 40.9 Å². The zero-order valence-electron chi connectivity index (χ0n) is 13.3. The summed E-state index contributed by atoms with van der Waals surface area (Å²) in [5.74, 6) is 0.103. The summed E-state index contributed by atoms with van der Waals surface area (Å²) in [5, 5.41) is 13.6. The number of thiophene rings is 1. The number of amides is 1. The molecule has 0 aliphatic carbocycles. The number of hydrogen-bond donors (Lipinski definition) is 2. The Bertz CT molecular complexity index is 992. The second kappa shape index (κ2) is 5.29. The number of fused-ring (bicyclic) bond motifs is 3. The second-order valence-electron chi connectivity index (χ2n) is 6.39. The quantitative estimate of drug-likeness (QED) is 0.633. The number of halogens is 1. The molecule has 4 nitrogen and oxygen atoms in total. The van der Waals surface area contributed by atoms with Crippen molar-refractivity contribution in [3.8, 4) is 0 Å². The van der Waals surface area contributed by atoms with E-state index in [1.165, 1.54) is 25.1 Å². The van der Waals surface area contributed by atoms with Crippen molar-refractivity contribution in [2.75, 3.05) is 7.05 Å². The maximum absolute atomic E-state index is 12.2. The van der Waals surface area contributed by atoms with Crippen molar-refractivity contribution in [2.24, 2.45) is 0 Å². The third-order valence-electron chi connectivity index (χ3n) is 4.68. The predicted octanol–water partition coefficient (Wildman–Crippen LogP) is 4.42. The topological polar surface area (TPSA) is 56.2 Å². The highest BCUT2D eigenvalue weighted by atomic mass is 79.9. The molecule has 1 amide bonds. The Morgan fingerprint density at radius 1 is 1.21 bits per heavy atom. The molecule has 1 aromatic heterocycles. The van der Waals surface area contributed by atoms with E-state index in [1.54, 1.807) is 18.4 Å². The fourth-order valence-electron chi connectivity index (χ4n) is 3.20. The maximum Gasteiger partial charge on any atom is 0.231 e. The van der Waals surface area contributed by atoms with E-state index in [0.717, 1.165) is 10.0 Å². The molecule has 1 saturated heterocycles. The van der Waals surface area contributed by atoms with Gasteiger partial charge in [-0.05, 0) is 42.8 Å². The molecule has 2 heterocycles. The Morgan fingerprint density at radius 3 is 2.58 bits per heavy atom. The summed E-state index contributed by atoms with van der Waals surface area (Å²) >= 11 is 5.31. The van der Waals surface area contributed by atoms with Gasteiger partial charge in [0, 0.05) is 31.7 Å². The first-order valence-electron chi connectivity index (χ1n) is 7.63. The third kappa shape index (κ3) is 2.32. The Kier molecular flexibility index (Phi) is 3.44. The van der Waals surface area contributed by atoms with Crippen LogP contribution in [0.3, 0.4) is 0 Å². The molecule has 3 aromatic rings. The van der Waals surface area contributed by atoms with Crippen molar-refractivity contribution in [1.29, 1.82) is 5.41 Å². The minimum atomic E-state index is -0.560. The minimum Gasteiger partial charge on any atom is -0.346 e. The largest absolute Gasteiger partial charge is 0.346 e. The molecule has 1 aliphatic rings. The van der Waals surface area contributed by atoms with Crippen molar-refractivity contribution in [1.82, 2.24) is 10.2 Å². The average Bonchev–Trinajstić information content (AvgIpc) is 2.89. The number of hydrogen-bond acceptors (Lipinski definition) is 3. The van der Waals surface area contributed by atoms with Gasteiger partial charge in [-0.1, -0.05) is 22.0 Å². The highest BCUT2D eigenvalue weighted by molar-refractivity contribution is 9.10. The van der Waals surface area contributed by atoms with E-state index in [1.807, 2.05) is 6.92 Å². The first-order valence-corrected chi connectivity index (χ1v) is 9.24. The lowest BCUT2D eigenvalue weighted by atomic mass is 9.86. The van der Waals surface area contributed by atoms with Crippen LogP contribution in [0, 0.1) is 5.41 Å². The highest BCUT2D eigenvalue weighted by Crippen LogP contribution is 2.38. The number of nitrogens with one attached hydrogen (secondary N) is 2. The number of rotatable bonds is 1. The molecule has 122 valence electrons. The molecule has 6 heteroatoms. The van der Waals surface area contributed by atoms with Crippen molar-refractivity contribution in [2.45, 2.75) is 18.9 Å². The van der Waals surface area contributed by atoms with Crippen molar-refractivity contribution in [3.63, 3.8) is 0 Å². The van der Waals surface area contributed by atoms with Crippen LogP contribution in [0.2, 0.25) is 0 Å². The predicted molar refractivity (Wildman–Crippen MR) is 103 cm³/mol. The normalized spacial score (nSPS) is 21.5. The van der Waals surface area contributed by atoms with Crippen LogP contribution in [-0.4, -0.2) is 23.8 Å². The number of carbonyl (C=O) groups is 1. The smallest absolute Gasteiger partial charge is 0.231 e. The van der Waals surface area contributed by atoms with E-state index in [-0.39, 0.29) is 11.9 Å². The van der Waals surface area contributed by atoms with Crippen LogP contribution in [0.1, 0.15) is 18.9 Å². The van der Waals surface area contributed by atoms with E-state index < -0.39 is 5.54 Å². The van der Waals surface area contributed by atoms with Crippen LogP contribution < -0.4 is 5.32 Å². The lowest BCUT2D eigenvalue weighted by Gasteiger charge is -2.39. The Labute approximate surface area is 152 Å². The van der Waals surface area contributed by atoms with Gasteiger partial charge < -0.3 is 5.32 Å². The van der Waals surface area contributed by atoms with Gasteiger partial charge in [0.25, 0.3) is 0 Å². The minimum absolute atomic E-state index is 0.0423. The zero-order chi connectivity index (χ0) is 17.1. The van der Waals surface area contributed by atoms with Crippen LogP contribution in [0.5, 0.6) is 0 Å². The lowest BCUT2D eigenvalue weighted by Crippen LogP contribution is -2.58. The summed E-state index contributed by atoms with van der Waals surface area (Å²) in [6, 6.07) is 12.6. The lowest BCUT2D eigenvalue weighted by molar-refractivity contribution is -0.129.